The van der Waals surface area contributed by atoms with Crippen molar-refractivity contribution in [2.24, 2.45) is 0 Å². The second kappa shape index (κ2) is 15.4. The van der Waals surface area contributed by atoms with Crippen molar-refractivity contribution in [2.45, 2.75) is 19.2 Å². The number of rotatable bonds is 10. The average molecular weight is 664 g/mol. The topological polar surface area (TPSA) is 139 Å². The summed E-state index contributed by atoms with van der Waals surface area (Å²) >= 11 is 1.82. The Morgan fingerprint density at radius 2 is 1.43 bits per heavy atom. The number of carbonyl (C=O) groups excluding carboxylic acids is 2. The van der Waals surface area contributed by atoms with Gasteiger partial charge in [0.2, 0.25) is 0 Å². The molecule has 244 valence electrons. The van der Waals surface area contributed by atoms with Gasteiger partial charge in [0, 0.05) is 28.6 Å². The van der Waals surface area contributed by atoms with Crippen LogP contribution in [0.25, 0.3) is 0 Å². The van der Waals surface area contributed by atoms with E-state index in [9.17, 15) is 22.6 Å². The zero-order valence-electron chi connectivity index (χ0n) is 25.7. The number of quaternary nitrogens is 1. The molecule has 4 aromatic rings. The summed E-state index contributed by atoms with van der Waals surface area (Å²) in [5.74, 6) is 0.981. The number of thioether (sulfide) groups is 1. The molecule has 4 aromatic carbocycles. The van der Waals surface area contributed by atoms with E-state index >= 15 is 0 Å². The molecular formula is C35H41N3O6S2. The first-order chi connectivity index (χ1) is 21.3. The number of fused-ring (bicyclic) bond motifs is 2. The fraction of sp³-hybridized carbons (Fsp3) is 0.257. The lowest BCUT2D eigenvalue weighted by molar-refractivity contribution is -0.887. The Bertz CT molecular complexity index is 1790. The van der Waals surface area contributed by atoms with Gasteiger partial charge in [-0.1, -0.05) is 67.6 Å². The summed E-state index contributed by atoms with van der Waals surface area (Å²) < 4.78 is 38.1. The Labute approximate surface area is 276 Å². The number of ketones is 2. The molecule has 0 radical (unpaired) electrons. The van der Waals surface area contributed by atoms with E-state index in [2.05, 4.69) is 25.7 Å². The number of nitrogens with two attached hydrogens (primary N) is 1. The molecule has 0 aliphatic heterocycles. The monoisotopic (exact) mass is 663 g/mol. The molecule has 0 spiro atoms. The van der Waals surface area contributed by atoms with E-state index in [-0.39, 0.29) is 40.7 Å². The number of nitrogens with one attached hydrogen (secondary N) is 1. The molecule has 0 heterocycles. The lowest BCUT2D eigenvalue weighted by Gasteiger charge is -2.30. The average Bonchev–Trinajstić information content (AvgIpc) is 3.01. The Balaban J connectivity index is 0.000000408. The summed E-state index contributed by atoms with van der Waals surface area (Å²) in [4.78, 5) is 26.8. The van der Waals surface area contributed by atoms with E-state index in [0.717, 1.165) is 34.6 Å². The standard InChI is InChI=1S/C27H29N3O3S.C7H8O3S.CH4/c1-30(2,14-16-34-3)13-15-33-22-17-21(29-18-9-5-4-6-10-18)23-24(25(22)28)27(32)20-12-8-7-11-19(20)26(23)31;1-6-2-4-7(5-3-6)11(8,9)10;/h4-12,17H,13-16H2,1-3H3,(H2-,28,29,31,32);2-5H,1H3,(H,8,9,10);1H4. The first kappa shape index (κ1) is 36.3. The van der Waals surface area contributed by atoms with Crippen molar-refractivity contribution in [3.8, 4) is 5.75 Å². The maximum absolute atomic E-state index is 13.5. The van der Waals surface area contributed by atoms with Gasteiger partial charge in [-0.05, 0) is 37.4 Å². The Hall–Kier alpha value is -4.16. The predicted molar refractivity (Wildman–Crippen MR) is 185 cm³/mol. The molecular weight excluding hydrogens is 623 g/mol. The highest BCUT2D eigenvalue weighted by atomic mass is 32.2. The molecule has 0 saturated heterocycles. The Morgan fingerprint density at radius 3 is 2.00 bits per heavy atom. The quantitative estimate of drug-likeness (QED) is 0.102. The van der Waals surface area contributed by atoms with Crippen LogP contribution in [0.1, 0.15) is 44.8 Å². The minimum atomic E-state index is -4.27. The van der Waals surface area contributed by atoms with Gasteiger partial charge in [0.15, 0.2) is 11.6 Å². The highest BCUT2D eigenvalue weighted by Gasteiger charge is 2.35. The first-order valence-electron chi connectivity index (χ1n) is 14.3. The summed E-state index contributed by atoms with van der Waals surface area (Å²) in [6.45, 7) is 4.07. The third-order valence-electron chi connectivity index (χ3n) is 7.42. The number of hydrogen-bond donors (Lipinski definition) is 2. The Morgan fingerprint density at radius 1 is 0.870 bits per heavy atom. The van der Waals surface area contributed by atoms with Gasteiger partial charge < -0.3 is 24.8 Å². The number of para-hydroxylation sites is 1. The summed E-state index contributed by atoms with van der Waals surface area (Å²) in [6, 6.07) is 23.9. The number of nitrogen functional groups attached to an aromatic ring is 1. The van der Waals surface area contributed by atoms with Crippen molar-refractivity contribution in [1.29, 1.82) is 0 Å². The van der Waals surface area contributed by atoms with Crippen molar-refractivity contribution >= 4 is 50.5 Å². The van der Waals surface area contributed by atoms with Gasteiger partial charge >= 0.3 is 0 Å². The third kappa shape index (κ3) is 8.76. The number of hydrogen-bond acceptors (Lipinski definition) is 9. The molecule has 46 heavy (non-hydrogen) atoms. The van der Waals surface area contributed by atoms with Crippen LogP contribution < -0.4 is 15.8 Å². The van der Waals surface area contributed by atoms with Gasteiger partial charge in [-0.2, -0.15) is 11.8 Å². The molecule has 0 amide bonds. The highest BCUT2D eigenvalue weighted by Crippen LogP contribution is 2.41. The molecule has 9 nitrogen and oxygen atoms in total. The van der Waals surface area contributed by atoms with E-state index in [1.54, 1.807) is 42.5 Å². The number of ether oxygens (including phenoxy) is 1. The minimum absolute atomic E-state index is 0. The minimum Gasteiger partial charge on any atom is -0.744 e. The van der Waals surface area contributed by atoms with Crippen LogP contribution in [0.3, 0.4) is 0 Å². The molecule has 0 fully saturated rings. The molecule has 1 aliphatic carbocycles. The number of nitrogens with zero attached hydrogens (tertiary/aromatic N) is 1. The Kier molecular flexibility index (Phi) is 12.2. The smallest absolute Gasteiger partial charge is 0.196 e. The lowest BCUT2D eigenvalue weighted by Crippen LogP contribution is -2.44. The molecule has 0 atom stereocenters. The maximum Gasteiger partial charge on any atom is 0.196 e. The summed E-state index contributed by atoms with van der Waals surface area (Å²) in [5.41, 5.74) is 10.2. The van der Waals surface area contributed by atoms with Crippen LogP contribution >= 0.6 is 11.8 Å². The van der Waals surface area contributed by atoms with Crippen molar-refractivity contribution in [2.75, 3.05) is 56.9 Å². The zero-order chi connectivity index (χ0) is 32.8. The molecule has 5 rings (SSSR count). The van der Waals surface area contributed by atoms with Gasteiger partial charge in [-0.25, -0.2) is 8.42 Å². The van der Waals surface area contributed by atoms with Crippen LogP contribution in [0.5, 0.6) is 5.75 Å². The van der Waals surface area contributed by atoms with E-state index in [0.29, 0.717) is 29.2 Å². The fourth-order valence-corrected chi connectivity index (χ4v) is 5.89. The van der Waals surface area contributed by atoms with Crippen molar-refractivity contribution in [3.63, 3.8) is 0 Å². The van der Waals surface area contributed by atoms with E-state index in [1.165, 1.54) is 12.1 Å². The molecule has 0 aromatic heterocycles. The van der Waals surface area contributed by atoms with Crippen LogP contribution in [0.2, 0.25) is 0 Å². The van der Waals surface area contributed by atoms with E-state index < -0.39 is 10.1 Å². The van der Waals surface area contributed by atoms with Crippen molar-refractivity contribution in [3.05, 3.63) is 113 Å². The van der Waals surface area contributed by atoms with Gasteiger partial charge in [-0.15, -0.1) is 0 Å². The van der Waals surface area contributed by atoms with Crippen molar-refractivity contribution in [1.82, 2.24) is 0 Å². The molecule has 0 bridgehead atoms. The van der Waals surface area contributed by atoms with E-state index in [4.69, 9.17) is 10.5 Å². The van der Waals surface area contributed by atoms with Crippen LogP contribution in [0.4, 0.5) is 17.1 Å². The summed E-state index contributed by atoms with van der Waals surface area (Å²) in [5, 5.41) is 3.30. The number of carbonyl (C=O) groups is 2. The number of aryl methyl sites for hydroxylation is 1. The third-order valence-corrected chi connectivity index (χ3v) is 8.86. The lowest BCUT2D eigenvalue weighted by atomic mass is 9.82. The van der Waals surface area contributed by atoms with Gasteiger partial charge in [0.1, 0.15) is 29.0 Å². The van der Waals surface area contributed by atoms with E-state index in [1.807, 2.05) is 49.0 Å². The van der Waals surface area contributed by atoms with Crippen LogP contribution in [-0.2, 0) is 10.1 Å². The highest BCUT2D eigenvalue weighted by molar-refractivity contribution is 7.98. The van der Waals surface area contributed by atoms with Crippen LogP contribution in [0, 0.1) is 6.92 Å². The first-order valence-corrected chi connectivity index (χ1v) is 17.1. The molecule has 1 aliphatic rings. The molecule has 0 saturated carbocycles. The normalized spacial score (nSPS) is 12.2. The van der Waals surface area contributed by atoms with Crippen molar-refractivity contribution < 1.29 is 31.8 Å². The SMILES string of the molecule is C.CSCC[N+](C)(C)CCOc1cc(Nc2ccccc2)c2c(c1N)C(=O)c1ccccc1C2=O.Cc1ccc(S(=O)(=O)[O-])cc1. The second-order valence-electron chi connectivity index (χ2n) is 11.3. The maximum atomic E-state index is 13.5. The van der Waals surface area contributed by atoms with Gasteiger partial charge in [0.05, 0.1) is 48.0 Å². The zero-order valence-corrected chi connectivity index (χ0v) is 27.3. The second-order valence-corrected chi connectivity index (χ2v) is 13.6. The number of benzene rings is 4. The fourth-order valence-electron chi connectivity index (χ4n) is 4.75. The number of likely N-dealkylation sites (N-methyl/N-ethyl adjacent to an activating group) is 1. The largest absolute Gasteiger partial charge is 0.744 e. The summed E-state index contributed by atoms with van der Waals surface area (Å²) in [6.07, 6.45) is 2.10. The predicted octanol–water partition coefficient (Wildman–Crippen LogP) is 6.14. The molecule has 0 unspecified atom stereocenters. The summed E-state index contributed by atoms with van der Waals surface area (Å²) in [7, 11) is 0.0584. The molecule has 3 N–H and O–H groups in total. The molecule has 11 heteroatoms. The van der Waals surface area contributed by atoms with Gasteiger partial charge in [0.25, 0.3) is 0 Å². The number of anilines is 3. The van der Waals surface area contributed by atoms with Crippen LogP contribution in [0.15, 0.2) is 89.8 Å². The van der Waals surface area contributed by atoms with Gasteiger partial charge in [-0.3, -0.25) is 9.59 Å². The van der Waals surface area contributed by atoms with Crippen LogP contribution in [-0.4, -0.2) is 74.8 Å².